The fourth-order valence-electron chi connectivity index (χ4n) is 3.81. The van der Waals surface area contributed by atoms with Gasteiger partial charge >= 0.3 is 0 Å². The SMILES string of the molecule is Cc1nn(Cc2cccc(C(=O)N3CCN(c4ccc(Cl)cc4)CC3)c2)c(C)c1Cl. The summed E-state index contributed by atoms with van der Waals surface area (Å²) in [5, 5.41) is 5.91. The number of benzene rings is 2. The summed E-state index contributed by atoms with van der Waals surface area (Å²) in [7, 11) is 0. The number of nitrogens with zero attached hydrogens (tertiary/aromatic N) is 4. The normalized spacial score (nSPS) is 14.3. The Kier molecular flexibility index (Phi) is 6.02. The molecular formula is C23H24Cl2N4O. The van der Waals surface area contributed by atoms with Crippen LogP contribution in [0.4, 0.5) is 5.69 Å². The maximum absolute atomic E-state index is 13.1. The second-order valence-corrected chi connectivity index (χ2v) is 8.41. The van der Waals surface area contributed by atoms with Crippen LogP contribution in [0.1, 0.15) is 27.3 Å². The summed E-state index contributed by atoms with van der Waals surface area (Å²) in [5.74, 6) is 0.0685. The first-order chi connectivity index (χ1) is 14.4. The minimum Gasteiger partial charge on any atom is -0.368 e. The average molecular weight is 443 g/mol. The molecule has 3 aromatic rings. The van der Waals surface area contributed by atoms with E-state index in [0.29, 0.717) is 30.2 Å². The Bertz CT molecular complexity index is 1050. The van der Waals surface area contributed by atoms with E-state index >= 15 is 0 Å². The van der Waals surface area contributed by atoms with Gasteiger partial charge in [-0.3, -0.25) is 9.48 Å². The first-order valence-corrected chi connectivity index (χ1v) is 10.8. The largest absolute Gasteiger partial charge is 0.368 e. The molecule has 0 bridgehead atoms. The van der Waals surface area contributed by atoms with E-state index in [0.717, 1.165) is 40.8 Å². The number of hydrogen-bond acceptors (Lipinski definition) is 3. The monoisotopic (exact) mass is 442 g/mol. The Morgan fingerprint density at radius 1 is 1.00 bits per heavy atom. The van der Waals surface area contributed by atoms with E-state index in [2.05, 4.69) is 10.00 Å². The molecule has 1 aliphatic heterocycles. The summed E-state index contributed by atoms with van der Waals surface area (Å²) >= 11 is 12.2. The van der Waals surface area contributed by atoms with Crippen LogP contribution in [0, 0.1) is 13.8 Å². The highest BCUT2D eigenvalue weighted by atomic mass is 35.5. The third kappa shape index (κ3) is 4.32. The average Bonchev–Trinajstić information content (AvgIpc) is 3.00. The van der Waals surface area contributed by atoms with Crippen molar-refractivity contribution in [1.82, 2.24) is 14.7 Å². The standard InChI is InChI=1S/C23H24Cl2N4O/c1-16-22(25)17(2)29(26-16)15-18-4-3-5-19(14-18)23(30)28-12-10-27(11-13-28)21-8-6-20(24)7-9-21/h3-9,14H,10-13,15H2,1-2H3. The zero-order valence-corrected chi connectivity index (χ0v) is 18.6. The minimum absolute atomic E-state index is 0.0685. The molecule has 5 nitrogen and oxygen atoms in total. The maximum Gasteiger partial charge on any atom is 0.253 e. The molecule has 0 atom stereocenters. The number of amides is 1. The van der Waals surface area contributed by atoms with Crippen LogP contribution in [-0.4, -0.2) is 46.8 Å². The Morgan fingerprint density at radius 2 is 1.70 bits per heavy atom. The fourth-order valence-corrected chi connectivity index (χ4v) is 4.07. The van der Waals surface area contributed by atoms with Gasteiger partial charge in [-0.05, 0) is 55.8 Å². The van der Waals surface area contributed by atoms with Crippen molar-refractivity contribution in [3.63, 3.8) is 0 Å². The molecule has 0 unspecified atom stereocenters. The van der Waals surface area contributed by atoms with Crippen molar-refractivity contribution in [2.75, 3.05) is 31.1 Å². The van der Waals surface area contributed by atoms with E-state index in [1.165, 1.54) is 0 Å². The summed E-state index contributed by atoms with van der Waals surface area (Å²) in [4.78, 5) is 17.3. The zero-order chi connectivity index (χ0) is 21.3. The predicted octanol–water partition coefficient (Wildman–Crippen LogP) is 4.82. The number of carbonyl (C=O) groups excluding carboxylic acids is 1. The van der Waals surface area contributed by atoms with Crippen molar-refractivity contribution in [1.29, 1.82) is 0 Å². The molecule has 156 valence electrons. The van der Waals surface area contributed by atoms with E-state index in [4.69, 9.17) is 23.2 Å². The van der Waals surface area contributed by atoms with Crippen LogP contribution in [0.15, 0.2) is 48.5 Å². The summed E-state index contributed by atoms with van der Waals surface area (Å²) in [6.07, 6.45) is 0. The van der Waals surface area contributed by atoms with Crippen LogP contribution in [-0.2, 0) is 6.54 Å². The van der Waals surface area contributed by atoms with E-state index < -0.39 is 0 Å². The van der Waals surface area contributed by atoms with Crippen molar-refractivity contribution in [3.05, 3.63) is 81.1 Å². The Balaban J connectivity index is 1.42. The molecule has 0 N–H and O–H groups in total. The molecule has 2 heterocycles. The molecular weight excluding hydrogens is 419 g/mol. The number of halogens is 2. The van der Waals surface area contributed by atoms with Crippen molar-refractivity contribution in [2.24, 2.45) is 0 Å². The highest BCUT2D eigenvalue weighted by molar-refractivity contribution is 6.31. The topological polar surface area (TPSA) is 41.4 Å². The fraction of sp³-hybridized carbons (Fsp3) is 0.304. The van der Waals surface area contributed by atoms with Gasteiger partial charge in [-0.25, -0.2) is 0 Å². The van der Waals surface area contributed by atoms with Gasteiger partial charge in [0.2, 0.25) is 0 Å². The third-order valence-electron chi connectivity index (χ3n) is 5.56. The number of aromatic nitrogens is 2. The number of aryl methyl sites for hydroxylation is 1. The lowest BCUT2D eigenvalue weighted by atomic mass is 10.1. The van der Waals surface area contributed by atoms with Crippen LogP contribution >= 0.6 is 23.2 Å². The molecule has 0 spiro atoms. The first kappa shape index (κ1) is 20.8. The quantitative estimate of drug-likeness (QED) is 0.581. The van der Waals surface area contributed by atoms with Gasteiger partial charge in [0.15, 0.2) is 0 Å². The summed E-state index contributed by atoms with van der Waals surface area (Å²) in [6, 6.07) is 15.6. The molecule has 1 amide bonds. The van der Waals surface area contributed by atoms with E-state index in [9.17, 15) is 4.79 Å². The molecule has 1 aromatic heterocycles. The first-order valence-electron chi connectivity index (χ1n) is 10.0. The van der Waals surface area contributed by atoms with Crippen molar-refractivity contribution in [2.45, 2.75) is 20.4 Å². The summed E-state index contributed by atoms with van der Waals surface area (Å²) in [5.41, 5.74) is 4.63. The van der Waals surface area contributed by atoms with Crippen molar-refractivity contribution >= 4 is 34.8 Å². The Morgan fingerprint density at radius 3 is 2.33 bits per heavy atom. The summed E-state index contributed by atoms with van der Waals surface area (Å²) < 4.78 is 1.88. The lowest BCUT2D eigenvalue weighted by Gasteiger charge is -2.36. The molecule has 0 aliphatic carbocycles. The van der Waals surface area contributed by atoms with Gasteiger partial charge in [0.25, 0.3) is 5.91 Å². The number of piperazine rings is 1. The van der Waals surface area contributed by atoms with Gasteiger partial charge in [-0.1, -0.05) is 35.3 Å². The van der Waals surface area contributed by atoms with Gasteiger partial charge in [0.05, 0.1) is 23.0 Å². The molecule has 1 fully saturated rings. The van der Waals surface area contributed by atoms with Crippen molar-refractivity contribution in [3.8, 4) is 0 Å². The number of rotatable bonds is 4. The number of carbonyl (C=O) groups is 1. The highest BCUT2D eigenvalue weighted by Crippen LogP contribution is 2.22. The summed E-state index contributed by atoms with van der Waals surface area (Å²) in [6.45, 7) is 7.43. The Hall–Kier alpha value is -2.50. The molecule has 1 saturated heterocycles. The van der Waals surface area contributed by atoms with E-state index in [1.54, 1.807) is 0 Å². The molecule has 7 heteroatoms. The second-order valence-electron chi connectivity index (χ2n) is 7.60. The van der Waals surface area contributed by atoms with Gasteiger partial charge < -0.3 is 9.80 Å². The Labute approximate surface area is 186 Å². The maximum atomic E-state index is 13.1. The lowest BCUT2D eigenvalue weighted by Crippen LogP contribution is -2.48. The van der Waals surface area contributed by atoms with Gasteiger partial charge in [0.1, 0.15) is 0 Å². The molecule has 2 aromatic carbocycles. The number of anilines is 1. The van der Waals surface area contributed by atoms with Crippen LogP contribution in [0.2, 0.25) is 10.0 Å². The lowest BCUT2D eigenvalue weighted by molar-refractivity contribution is 0.0746. The third-order valence-corrected chi connectivity index (χ3v) is 6.36. The molecule has 1 aliphatic rings. The molecule has 30 heavy (non-hydrogen) atoms. The minimum atomic E-state index is 0.0685. The molecule has 0 radical (unpaired) electrons. The highest BCUT2D eigenvalue weighted by Gasteiger charge is 2.22. The smallest absolute Gasteiger partial charge is 0.253 e. The molecule has 0 saturated carbocycles. The van der Waals surface area contributed by atoms with Crippen LogP contribution in [0.5, 0.6) is 0 Å². The molecule has 4 rings (SSSR count). The van der Waals surface area contributed by atoms with Gasteiger partial charge in [0, 0.05) is 42.5 Å². The van der Waals surface area contributed by atoms with Crippen LogP contribution < -0.4 is 4.90 Å². The zero-order valence-electron chi connectivity index (χ0n) is 17.1. The second kappa shape index (κ2) is 8.70. The van der Waals surface area contributed by atoms with Gasteiger partial charge in [-0.15, -0.1) is 0 Å². The van der Waals surface area contributed by atoms with Crippen LogP contribution in [0.3, 0.4) is 0 Å². The van der Waals surface area contributed by atoms with Gasteiger partial charge in [-0.2, -0.15) is 5.10 Å². The van der Waals surface area contributed by atoms with Crippen LogP contribution in [0.25, 0.3) is 0 Å². The van der Waals surface area contributed by atoms with E-state index in [1.807, 2.05) is 72.0 Å². The van der Waals surface area contributed by atoms with E-state index in [-0.39, 0.29) is 5.91 Å². The number of hydrogen-bond donors (Lipinski definition) is 0. The van der Waals surface area contributed by atoms with Crippen molar-refractivity contribution < 1.29 is 4.79 Å². The predicted molar refractivity (Wildman–Crippen MR) is 122 cm³/mol.